The van der Waals surface area contributed by atoms with Gasteiger partial charge in [0.25, 0.3) is 0 Å². The lowest BCUT2D eigenvalue weighted by Gasteiger charge is -2.18. The van der Waals surface area contributed by atoms with Crippen LogP contribution in [0.5, 0.6) is 0 Å². The van der Waals surface area contributed by atoms with Crippen molar-refractivity contribution in [2.24, 2.45) is 5.92 Å². The van der Waals surface area contributed by atoms with Crippen LogP contribution in [-0.2, 0) is 0 Å². The molecule has 15 heavy (non-hydrogen) atoms. The maximum Gasteiger partial charge on any atom is 0.183 e. The molecule has 1 aliphatic rings. The van der Waals surface area contributed by atoms with Crippen LogP contribution in [0.1, 0.15) is 29.8 Å². The molecule has 0 aromatic carbocycles. The van der Waals surface area contributed by atoms with Gasteiger partial charge in [-0.1, -0.05) is 6.42 Å². The second-order valence-corrected chi connectivity index (χ2v) is 5.49. The maximum absolute atomic E-state index is 9.22. The number of aliphatic hydroxyl groups is 1. The van der Waals surface area contributed by atoms with Crippen molar-refractivity contribution < 1.29 is 5.11 Å². The van der Waals surface area contributed by atoms with E-state index in [0.29, 0.717) is 18.6 Å². The van der Waals surface area contributed by atoms with Crippen LogP contribution in [0.2, 0.25) is 0 Å². The van der Waals surface area contributed by atoms with Crippen LogP contribution in [-0.4, -0.2) is 22.7 Å². The van der Waals surface area contributed by atoms with Crippen LogP contribution in [0, 0.1) is 19.8 Å². The summed E-state index contributed by atoms with van der Waals surface area (Å²) in [5.74, 6) is 0.412. The van der Waals surface area contributed by atoms with Crippen molar-refractivity contribution in [2.45, 2.75) is 39.2 Å². The average molecular weight is 226 g/mol. The first-order chi connectivity index (χ1) is 7.20. The number of nitrogens with zero attached hydrogens (tertiary/aromatic N) is 1. The lowest BCUT2D eigenvalue weighted by Crippen LogP contribution is -2.26. The predicted octanol–water partition coefficient (Wildman–Crippen LogP) is 2.33. The van der Waals surface area contributed by atoms with Gasteiger partial charge in [0.05, 0.1) is 5.69 Å². The fourth-order valence-electron chi connectivity index (χ4n) is 2.14. The number of aryl methyl sites for hydroxylation is 2. The molecule has 0 aliphatic heterocycles. The number of aromatic nitrogens is 1. The zero-order valence-electron chi connectivity index (χ0n) is 9.29. The number of nitrogens with one attached hydrogen (secondary N) is 1. The van der Waals surface area contributed by atoms with Crippen LogP contribution in [0.25, 0.3) is 0 Å². The number of rotatable bonds is 3. The summed E-state index contributed by atoms with van der Waals surface area (Å²) in [7, 11) is 0. The van der Waals surface area contributed by atoms with E-state index < -0.39 is 0 Å². The highest BCUT2D eigenvalue weighted by molar-refractivity contribution is 7.15. The standard InChI is InChI=1S/C11H18N2OS/c1-7-8(2)15-11(12-7)13-10-5-3-4-9(10)6-14/h9-10,14H,3-6H2,1-2H3,(H,12,13). The first kappa shape index (κ1) is 10.9. The van der Waals surface area contributed by atoms with Gasteiger partial charge >= 0.3 is 0 Å². The third kappa shape index (κ3) is 2.32. The van der Waals surface area contributed by atoms with Crippen LogP contribution in [0.4, 0.5) is 5.13 Å². The van der Waals surface area contributed by atoms with E-state index in [-0.39, 0.29) is 0 Å². The molecule has 2 atom stereocenters. The molecule has 1 heterocycles. The van der Waals surface area contributed by atoms with Gasteiger partial charge in [0.1, 0.15) is 0 Å². The summed E-state index contributed by atoms with van der Waals surface area (Å²) in [6.07, 6.45) is 3.51. The predicted molar refractivity (Wildman–Crippen MR) is 63.4 cm³/mol. The highest BCUT2D eigenvalue weighted by Crippen LogP contribution is 2.30. The topological polar surface area (TPSA) is 45.2 Å². The van der Waals surface area contributed by atoms with E-state index in [0.717, 1.165) is 23.7 Å². The minimum atomic E-state index is 0.293. The Morgan fingerprint density at radius 2 is 2.27 bits per heavy atom. The molecule has 84 valence electrons. The molecule has 2 N–H and O–H groups in total. The Bertz CT molecular complexity index is 318. The van der Waals surface area contributed by atoms with Crippen molar-refractivity contribution >= 4 is 16.5 Å². The largest absolute Gasteiger partial charge is 0.396 e. The van der Waals surface area contributed by atoms with Crippen molar-refractivity contribution in [3.05, 3.63) is 10.6 Å². The molecule has 2 rings (SSSR count). The van der Waals surface area contributed by atoms with E-state index >= 15 is 0 Å². The third-order valence-corrected chi connectivity index (χ3v) is 4.24. The van der Waals surface area contributed by atoms with Crippen LogP contribution in [0.3, 0.4) is 0 Å². The summed E-state index contributed by atoms with van der Waals surface area (Å²) in [4.78, 5) is 5.74. The monoisotopic (exact) mass is 226 g/mol. The molecule has 1 saturated carbocycles. The first-order valence-corrected chi connectivity index (χ1v) is 6.33. The number of aliphatic hydroxyl groups excluding tert-OH is 1. The molecule has 0 spiro atoms. The first-order valence-electron chi connectivity index (χ1n) is 5.52. The summed E-state index contributed by atoms with van der Waals surface area (Å²) in [6.45, 7) is 4.42. The second kappa shape index (κ2) is 4.49. The molecule has 0 radical (unpaired) electrons. The molecule has 1 aromatic heterocycles. The lowest BCUT2D eigenvalue weighted by molar-refractivity contribution is 0.222. The number of hydrogen-bond acceptors (Lipinski definition) is 4. The third-order valence-electron chi connectivity index (χ3n) is 3.23. The molecule has 1 fully saturated rings. The zero-order chi connectivity index (χ0) is 10.8. The van der Waals surface area contributed by atoms with Gasteiger partial charge in [-0.2, -0.15) is 0 Å². The summed E-state index contributed by atoms with van der Waals surface area (Å²) >= 11 is 1.71. The van der Waals surface area contributed by atoms with Crippen LogP contribution < -0.4 is 5.32 Å². The van der Waals surface area contributed by atoms with Gasteiger partial charge in [0.15, 0.2) is 5.13 Å². The van der Waals surface area contributed by atoms with Crippen LogP contribution >= 0.6 is 11.3 Å². The molecule has 0 bridgehead atoms. The van der Waals surface area contributed by atoms with Gasteiger partial charge in [-0.15, -0.1) is 11.3 Å². The fourth-order valence-corrected chi connectivity index (χ4v) is 3.01. The molecule has 1 aliphatic carbocycles. The maximum atomic E-state index is 9.22. The van der Waals surface area contributed by atoms with E-state index in [9.17, 15) is 5.11 Å². The number of anilines is 1. The van der Waals surface area contributed by atoms with Gasteiger partial charge in [-0.25, -0.2) is 4.98 Å². The van der Waals surface area contributed by atoms with Crippen LogP contribution in [0.15, 0.2) is 0 Å². The zero-order valence-corrected chi connectivity index (χ0v) is 10.1. The molecular weight excluding hydrogens is 208 g/mol. The van der Waals surface area contributed by atoms with Gasteiger partial charge in [-0.05, 0) is 26.7 Å². The lowest BCUT2D eigenvalue weighted by atomic mass is 10.1. The Kier molecular flexibility index (Phi) is 3.26. The molecule has 0 amide bonds. The van der Waals surface area contributed by atoms with Gasteiger partial charge in [0, 0.05) is 23.4 Å². The molecular formula is C11H18N2OS. The Morgan fingerprint density at radius 1 is 1.47 bits per heavy atom. The Labute approximate surface area is 94.5 Å². The second-order valence-electron chi connectivity index (χ2n) is 4.29. The molecule has 4 heteroatoms. The Balaban J connectivity index is 2.02. The normalized spacial score (nSPS) is 25.8. The fraction of sp³-hybridized carbons (Fsp3) is 0.727. The summed E-state index contributed by atoms with van der Waals surface area (Å²) < 4.78 is 0. The summed E-state index contributed by atoms with van der Waals surface area (Å²) in [5, 5.41) is 13.7. The minimum absolute atomic E-state index is 0.293. The average Bonchev–Trinajstić information content (AvgIpc) is 2.75. The number of thiazole rings is 1. The molecule has 2 unspecified atom stereocenters. The Hall–Kier alpha value is -0.610. The molecule has 3 nitrogen and oxygen atoms in total. The summed E-state index contributed by atoms with van der Waals surface area (Å²) in [5.41, 5.74) is 1.11. The van der Waals surface area contributed by atoms with E-state index in [1.165, 1.54) is 11.3 Å². The quantitative estimate of drug-likeness (QED) is 0.831. The minimum Gasteiger partial charge on any atom is -0.396 e. The van der Waals surface area contributed by atoms with E-state index in [4.69, 9.17) is 0 Å². The number of hydrogen-bond donors (Lipinski definition) is 2. The molecule has 0 saturated heterocycles. The van der Waals surface area contributed by atoms with E-state index in [2.05, 4.69) is 17.2 Å². The summed E-state index contributed by atoms with van der Waals surface area (Å²) in [6, 6.07) is 0.417. The van der Waals surface area contributed by atoms with Crippen molar-refractivity contribution in [3.8, 4) is 0 Å². The van der Waals surface area contributed by atoms with E-state index in [1.54, 1.807) is 11.3 Å². The Morgan fingerprint density at radius 3 is 2.87 bits per heavy atom. The smallest absolute Gasteiger partial charge is 0.183 e. The van der Waals surface area contributed by atoms with Gasteiger partial charge in [-0.3, -0.25) is 0 Å². The SMILES string of the molecule is Cc1nc(NC2CCCC2CO)sc1C. The van der Waals surface area contributed by atoms with E-state index in [1.807, 2.05) is 6.92 Å². The van der Waals surface area contributed by atoms with Crippen molar-refractivity contribution in [3.63, 3.8) is 0 Å². The highest BCUT2D eigenvalue weighted by atomic mass is 32.1. The van der Waals surface area contributed by atoms with Crippen molar-refractivity contribution in [1.82, 2.24) is 4.98 Å². The van der Waals surface area contributed by atoms with Crippen molar-refractivity contribution in [2.75, 3.05) is 11.9 Å². The van der Waals surface area contributed by atoms with Gasteiger partial charge < -0.3 is 10.4 Å². The highest BCUT2D eigenvalue weighted by Gasteiger charge is 2.27. The van der Waals surface area contributed by atoms with Crippen molar-refractivity contribution in [1.29, 1.82) is 0 Å². The van der Waals surface area contributed by atoms with Gasteiger partial charge in [0.2, 0.25) is 0 Å². The molecule has 1 aromatic rings.